The zero-order chi connectivity index (χ0) is 12.4. The van der Waals surface area contributed by atoms with E-state index in [-0.39, 0.29) is 0 Å². The second kappa shape index (κ2) is 4.29. The van der Waals surface area contributed by atoms with Crippen LogP contribution < -0.4 is 11.1 Å². The molecule has 16 heavy (non-hydrogen) atoms. The van der Waals surface area contributed by atoms with E-state index < -0.39 is 17.3 Å². The molecule has 1 rings (SSSR count). The zero-order valence-electron chi connectivity index (χ0n) is 9.10. The zero-order valence-corrected chi connectivity index (χ0v) is 9.10. The van der Waals surface area contributed by atoms with Gasteiger partial charge in [0, 0.05) is 18.3 Å². The molecular weight excluding hydrogens is 219 g/mol. The summed E-state index contributed by atoms with van der Waals surface area (Å²) in [6.45, 7) is 4.06. The fraction of sp³-hybridized carbons (Fsp3) is 0.500. The number of anilines is 1. The Bertz CT molecular complexity index is 338. The van der Waals surface area contributed by atoms with Gasteiger partial charge >= 0.3 is 6.18 Å². The Morgan fingerprint density at radius 3 is 2.31 bits per heavy atom. The molecule has 0 saturated carbocycles. The first-order valence-electron chi connectivity index (χ1n) is 4.74. The summed E-state index contributed by atoms with van der Waals surface area (Å²) in [6, 6.07) is 2.27. The molecule has 3 nitrogen and oxygen atoms in total. The van der Waals surface area contributed by atoms with Crippen LogP contribution in [0.25, 0.3) is 0 Å². The average Bonchev–Trinajstić information content (AvgIpc) is 2.13. The Morgan fingerprint density at radius 2 is 1.94 bits per heavy atom. The fourth-order valence-electron chi connectivity index (χ4n) is 0.984. The van der Waals surface area contributed by atoms with E-state index in [1.54, 1.807) is 0 Å². The molecule has 0 fully saturated rings. The van der Waals surface area contributed by atoms with Gasteiger partial charge in [-0.15, -0.1) is 0 Å². The Hall–Kier alpha value is -1.30. The van der Waals surface area contributed by atoms with Crippen LogP contribution in [0, 0.1) is 0 Å². The van der Waals surface area contributed by atoms with Crippen molar-refractivity contribution in [3.05, 3.63) is 23.9 Å². The number of hydrogen-bond acceptors (Lipinski definition) is 3. The van der Waals surface area contributed by atoms with Crippen LogP contribution in [-0.2, 0) is 6.18 Å². The first-order valence-corrected chi connectivity index (χ1v) is 4.74. The maximum absolute atomic E-state index is 12.2. The second-order valence-electron chi connectivity index (χ2n) is 4.27. The maximum Gasteiger partial charge on any atom is 0.417 e. The molecule has 0 aliphatic rings. The molecule has 90 valence electrons. The molecule has 0 amide bonds. The summed E-state index contributed by atoms with van der Waals surface area (Å²) >= 11 is 0. The Morgan fingerprint density at radius 1 is 1.31 bits per heavy atom. The molecule has 3 N–H and O–H groups in total. The van der Waals surface area contributed by atoms with Gasteiger partial charge in [-0.3, -0.25) is 0 Å². The van der Waals surface area contributed by atoms with E-state index in [0.29, 0.717) is 12.4 Å². The number of alkyl halides is 3. The Balaban J connectivity index is 2.66. The number of aromatic nitrogens is 1. The normalized spacial score (nSPS) is 12.6. The number of nitrogens with one attached hydrogen (secondary N) is 1. The minimum absolute atomic E-state index is 0.381. The first-order chi connectivity index (χ1) is 7.18. The van der Waals surface area contributed by atoms with Gasteiger partial charge < -0.3 is 11.1 Å². The summed E-state index contributed by atoms with van der Waals surface area (Å²) in [4.78, 5) is 3.66. The number of rotatable bonds is 3. The highest BCUT2D eigenvalue weighted by Gasteiger charge is 2.30. The lowest BCUT2D eigenvalue weighted by Crippen LogP contribution is -2.39. The molecule has 0 bridgehead atoms. The minimum Gasteiger partial charge on any atom is -0.368 e. The molecule has 0 radical (unpaired) electrons. The van der Waals surface area contributed by atoms with E-state index in [2.05, 4.69) is 10.3 Å². The van der Waals surface area contributed by atoms with E-state index in [1.807, 2.05) is 13.8 Å². The number of nitrogens with two attached hydrogens (primary N) is 1. The number of hydrogen-bond donors (Lipinski definition) is 2. The molecule has 1 heterocycles. The molecule has 0 unspecified atom stereocenters. The van der Waals surface area contributed by atoms with Crippen molar-refractivity contribution in [2.24, 2.45) is 5.73 Å². The van der Waals surface area contributed by atoms with Crippen molar-refractivity contribution >= 4 is 5.82 Å². The molecule has 0 aliphatic carbocycles. The van der Waals surface area contributed by atoms with E-state index >= 15 is 0 Å². The van der Waals surface area contributed by atoms with Gasteiger partial charge in [0.25, 0.3) is 0 Å². The highest BCUT2D eigenvalue weighted by atomic mass is 19.4. The van der Waals surface area contributed by atoms with Crippen molar-refractivity contribution < 1.29 is 13.2 Å². The lowest BCUT2D eigenvalue weighted by atomic mass is 10.1. The largest absolute Gasteiger partial charge is 0.417 e. The van der Waals surface area contributed by atoms with Crippen LogP contribution in [0.15, 0.2) is 18.3 Å². The quantitative estimate of drug-likeness (QED) is 0.841. The fourth-order valence-corrected chi connectivity index (χ4v) is 0.984. The van der Waals surface area contributed by atoms with Crippen LogP contribution in [0.3, 0.4) is 0 Å². The predicted octanol–water partition coefficient (Wildman–Crippen LogP) is 2.25. The topological polar surface area (TPSA) is 50.9 Å². The van der Waals surface area contributed by atoms with Crippen molar-refractivity contribution in [2.45, 2.75) is 25.6 Å². The lowest BCUT2D eigenvalue weighted by Gasteiger charge is -2.19. The van der Waals surface area contributed by atoms with Crippen molar-refractivity contribution in [1.82, 2.24) is 4.98 Å². The van der Waals surface area contributed by atoms with Gasteiger partial charge in [0.1, 0.15) is 5.82 Å². The molecular formula is C10H14F3N3. The van der Waals surface area contributed by atoms with Gasteiger partial charge in [0.05, 0.1) is 5.56 Å². The van der Waals surface area contributed by atoms with Crippen molar-refractivity contribution in [2.75, 3.05) is 11.9 Å². The smallest absolute Gasteiger partial charge is 0.368 e. The SMILES string of the molecule is CC(C)(N)CNc1ccc(C(F)(F)F)cn1. The van der Waals surface area contributed by atoms with Gasteiger partial charge in [-0.25, -0.2) is 4.98 Å². The van der Waals surface area contributed by atoms with E-state index in [9.17, 15) is 13.2 Å². The lowest BCUT2D eigenvalue weighted by molar-refractivity contribution is -0.137. The highest BCUT2D eigenvalue weighted by Crippen LogP contribution is 2.28. The van der Waals surface area contributed by atoms with Gasteiger partial charge in [-0.1, -0.05) is 0 Å². The number of nitrogens with zero attached hydrogens (tertiary/aromatic N) is 1. The van der Waals surface area contributed by atoms with Gasteiger partial charge in [0.15, 0.2) is 0 Å². The summed E-state index contributed by atoms with van der Waals surface area (Å²) < 4.78 is 36.6. The molecule has 0 aromatic carbocycles. The summed E-state index contributed by atoms with van der Waals surface area (Å²) in [7, 11) is 0. The molecule has 0 aliphatic heterocycles. The maximum atomic E-state index is 12.2. The third-order valence-corrected chi connectivity index (χ3v) is 1.82. The predicted molar refractivity (Wildman–Crippen MR) is 56.0 cm³/mol. The standard InChI is InChI=1S/C10H14F3N3/c1-9(2,14)6-16-8-4-3-7(5-15-8)10(11,12)13/h3-5H,6,14H2,1-2H3,(H,15,16). The Kier molecular flexibility index (Phi) is 3.42. The Labute approximate surface area is 91.9 Å². The number of halogens is 3. The summed E-state index contributed by atoms with van der Waals surface area (Å²) in [5.41, 5.74) is 4.51. The summed E-state index contributed by atoms with van der Waals surface area (Å²) in [5.74, 6) is 0.381. The van der Waals surface area contributed by atoms with Crippen LogP contribution in [0.5, 0.6) is 0 Å². The molecule has 0 atom stereocenters. The summed E-state index contributed by atoms with van der Waals surface area (Å²) in [5, 5.41) is 2.86. The van der Waals surface area contributed by atoms with Crippen LogP contribution in [-0.4, -0.2) is 17.1 Å². The monoisotopic (exact) mass is 233 g/mol. The third kappa shape index (κ3) is 4.06. The van der Waals surface area contributed by atoms with Crippen molar-refractivity contribution in [3.63, 3.8) is 0 Å². The highest BCUT2D eigenvalue weighted by molar-refractivity contribution is 5.36. The van der Waals surface area contributed by atoms with Gasteiger partial charge in [0.2, 0.25) is 0 Å². The summed E-state index contributed by atoms with van der Waals surface area (Å²) in [6.07, 6.45) is -3.55. The van der Waals surface area contributed by atoms with Gasteiger partial charge in [-0.05, 0) is 26.0 Å². The number of pyridine rings is 1. The van der Waals surface area contributed by atoms with E-state index in [0.717, 1.165) is 12.3 Å². The minimum atomic E-state index is -4.35. The third-order valence-electron chi connectivity index (χ3n) is 1.82. The van der Waals surface area contributed by atoms with Crippen molar-refractivity contribution in [1.29, 1.82) is 0 Å². The second-order valence-corrected chi connectivity index (χ2v) is 4.27. The van der Waals surface area contributed by atoms with Crippen molar-refractivity contribution in [3.8, 4) is 0 Å². The molecule has 0 spiro atoms. The van der Waals surface area contributed by atoms with Crippen LogP contribution in [0.1, 0.15) is 19.4 Å². The average molecular weight is 233 g/mol. The van der Waals surface area contributed by atoms with E-state index in [4.69, 9.17) is 5.73 Å². The van der Waals surface area contributed by atoms with Crippen LogP contribution >= 0.6 is 0 Å². The molecule has 1 aromatic rings. The van der Waals surface area contributed by atoms with Gasteiger partial charge in [-0.2, -0.15) is 13.2 Å². The van der Waals surface area contributed by atoms with Crippen LogP contribution in [0.4, 0.5) is 19.0 Å². The molecule has 6 heteroatoms. The molecule has 1 aromatic heterocycles. The van der Waals surface area contributed by atoms with E-state index in [1.165, 1.54) is 6.07 Å². The molecule has 0 saturated heterocycles. The van der Waals surface area contributed by atoms with Crippen LogP contribution in [0.2, 0.25) is 0 Å². The first kappa shape index (κ1) is 12.8.